The molecule has 1 saturated heterocycles. The van der Waals surface area contributed by atoms with Crippen LogP contribution >= 0.6 is 35.0 Å². The van der Waals surface area contributed by atoms with Crippen LogP contribution in [0, 0.1) is 0 Å². The van der Waals surface area contributed by atoms with Crippen molar-refractivity contribution in [3.05, 3.63) is 28.2 Å². The maximum atomic E-state index is 12.3. The molecule has 1 amide bonds. The maximum absolute atomic E-state index is 12.3. The number of rotatable bonds is 4. The Kier molecular flexibility index (Phi) is 6.23. The molecule has 0 aliphatic carbocycles. The van der Waals surface area contributed by atoms with Gasteiger partial charge in [0.05, 0.1) is 10.3 Å². The number of piperidine rings is 1. The molecule has 2 N–H and O–H groups in total. The summed E-state index contributed by atoms with van der Waals surface area (Å²) in [5, 5.41) is 7.56. The monoisotopic (exact) mass is 346 g/mol. The van der Waals surface area contributed by atoms with Gasteiger partial charge < -0.3 is 10.6 Å². The van der Waals surface area contributed by atoms with Crippen LogP contribution in [-0.2, 0) is 4.79 Å². The van der Waals surface area contributed by atoms with Crippen molar-refractivity contribution in [3.8, 4) is 0 Å². The zero-order valence-corrected chi connectivity index (χ0v) is 14.5. The largest absolute Gasteiger partial charge is 0.352 e. The Hall–Kier alpha value is -0.420. The average molecular weight is 347 g/mol. The molecule has 2 rings (SSSR count). The minimum Gasteiger partial charge on any atom is -0.352 e. The molecule has 0 aromatic heterocycles. The van der Waals surface area contributed by atoms with E-state index in [1.807, 2.05) is 6.92 Å². The van der Waals surface area contributed by atoms with E-state index in [1.165, 1.54) is 11.8 Å². The molecule has 6 heteroatoms. The van der Waals surface area contributed by atoms with Crippen molar-refractivity contribution in [2.24, 2.45) is 0 Å². The molecular weight excluding hydrogens is 327 g/mol. The molecule has 0 spiro atoms. The topological polar surface area (TPSA) is 41.1 Å². The third kappa shape index (κ3) is 5.06. The number of amides is 1. The van der Waals surface area contributed by atoms with Gasteiger partial charge in [-0.3, -0.25) is 4.79 Å². The first kappa shape index (κ1) is 16.9. The number of thioether (sulfide) groups is 1. The number of carbonyl (C=O) groups excluding carboxylic acids is 1. The van der Waals surface area contributed by atoms with Gasteiger partial charge in [0.15, 0.2) is 0 Å². The van der Waals surface area contributed by atoms with Crippen molar-refractivity contribution in [2.75, 3.05) is 6.54 Å². The molecule has 1 fully saturated rings. The van der Waals surface area contributed by atoms with E-state index in [-0.39, 0.29) is 17.2 Å². The Morgan fingerprint density at radius 1 is 1.48 bits per heavy atom. The average Bonchev–Trinajstić information content (AvgIpc) is 2.43. The molecule has 0 bridgehead atoms. The van der Waals surface area contributed by atoms with E-state index in [0.29, 0.717) is 16.1 Å². The highest BCUT2D eigenvalue weighted by atomic mass is 35.5. The number of halogens is 2. The lowest BCUT2D eigenvalue weighted by molar-refractivity contribution is -0.121. The van der Waals surface area contributed by atoms with Gasteiger partial charge in [-0.25, -0.2) is 0 Å². The summed E-state index contributed by atoms with van der Waals surface area (Å²) in [6.45, 7) is 4.98. The summed E-state index contributed by atoms with van der Waals surface area (Å²) in [4.78, 5) is 13.1. The van der Waals surface area contributed by atoms with E-state index in [4.69, 9.17) is 23.2 Å². The lowest BCUT2D eigenvalue weighted by Gasteiger charge is -2.29. The van der Waals surface area contributed by atoms with E-state index in [1.54, 1.807) is 18.2 Å². The van der Waals surface area contributed by atoms with Crippen molar-refractivity contribution >= 4 is 40.9 Å². The first-order chi connectivity index (χ1) is 9.95. The molecule has 116 valence electrons. The van der Waals surface area contributed by atoms with Gasteiger partial charge in [0.1, 0.15) is 0 Å². The normalized spacial score (nSPS) is 23.6. The molecule has 1 aliphatic heterocycles. The standard InChI is InChI=1S/C15H20Cl2N2OS/c1-9-7-12(5-6-18-9)19-15(20)10(2)21-14-8-11(16)3-4-13(14)17/h3-4,8-10,12,18H,5-7H2,1-2H3,(H,19,20). The summed E-state index contributed by atoms with van der Waals surface area (Å²) in [6.07, 6.45) is 1.95. The second kappa shape index (κ2) is 7.73. The highest BCUT2D eigenvalue weighted by Crippen LogP contribution is 2.32. The Labute approximate surface area is 140 Å². The van der Waals surface area contributed by atoms with E-state index >= 15 is 0 Å². The zero-order chi connectivity index (χ0) is 15.4. The SMILES string of the molecule is CC1CC(NC(=O)C(C)Sc2cc(Cl)ccc2Cl)CCN1. The molecule has 0 radical (unpaired) electrons. The second-order valence-corrected chi connectivity index (χ2v) is 7.65. The van der Waals surface area contributed by atoms with Crippen LogP contribution < -0.4 is 10.6 Å². The van der Waals surface area contributed by atoms with Crippen LogP contribution in [0.2, 0.25) is 10.0 Å². The highest BCUT2D eigenvalue weighted by Gasteiger charge is 2.23. The lowest BCUT2D eigenvalue weighted by Crippen LogP contribution is -2.48. The summed E-state index contributed by atoms with van der Waals surface area (Å²) in [5.41, 5.74) is 0. The van der Waals surface area contributed by atoms with Crippen LogP contribution in [0.1, 0.15) is 26.7 Å². The van der Waals surface area contributed by atoms with Gasteiger partial charge in [0, 0.05) is 22.0 Å². The number of nitrogens with one attached hydrogen (secondary N) is 2. The van der Waals surface area contributed by atoms with Crippen molar-refractivity contribution < 1.29 is 4.79 Å². The van der Waals surface area contributed by atoms with E-state index in [9.17, 15) is 4.79 Å². The van der Waals surface area contributed by atoms with Crippen molar-refractivity contribution in [3.63, 3.8) is 0 Å². The third-order valence-corrected chi connectivity index (χ3v) is 5.37. The van der Waals surface area contributed by atoms with Crippen LogP contribution in [0.15, 0.2) is 23.1 Å². The molecule has 1 aliphatic rings. The highest BCUT2D eigenvalue weighted by molar-refractivity contribution is 8.00. The van der Waals surface area contributed by atoms with Gasteiger partial charge in [-0.05, 0) is 51.4 Å². The van der Waals surface area contributed by atoms with Gasteiger partial charge >= 0.3 is 0 Å². The summed E-state index contributed by atoms with van der Waals surface area (Å²) >= 11 is 13.5. The van der Waals surface area contributed by atoms with E-state index in [2.05, 4.69) is 17.6 Å². The minimum atomic E-state index is -0.203. The number of benzene rings is 1. The molecule has 1 aromatic carbocycles. The fraction of sp³-hybridized carbons (Fsp3) is 0.533. The predicted molar refractivity (Wildman–Crippen MR) is 90.4 cm³/mol. The van der Waals surface area contributed by atoms with Gasteiger partial charge in [-0.2, -0.15) is 0 Å². The van der Waals surface area contributed by atoms with Crippen molar-refractivity contribution in [2.45, 2.75) is 48.9 Å². The minimum absolute atomic E-state index is 0.0511. The maximum Gasteiger partial charge on any atom is 0.233 e. The molecule has 1 aromatic rings. The Balaban J connectivity index is 1.91. The lowest BCUT2D eigenvalue weighted by atomic mass is 10.0. The summed E-state index contributed by atoms with van der Waals surface area (Å²) in [6, 6.07) is 6.01. The molecule has 3 atom stereocenters. The first-order valence-electron chi connectivity index (χ1n) is 7.11. The van der Waals surface area contributed by atoms with Crippen molar-refractivity contribution in [1.29, 1.82) is 0 Å². The summed E-state index contributed by atoms with van der Waals surface area (Å²) < 4.78 is 0. The van der Waals surface area contributed by atoms with Crippen LogP contribution in [-0.4, -0.2) is 29.8 Å². The Morgan fingerprint density at radius 2 is 2.24 bits per heavy atom. The Morgan fingerprint density at radius 3 is 2.95 bits per heavy atom. The van der Waals surface area contributed by atoms with E-state index < -0.39 is 0 Å². The van der Waals surface area contributed by atoms with Crippen LogP contribution in [0.4, 0.5) is 0 Å². The number of hydrogen-bond acceptors (Lipinski definition) is 3. The van der Waals surface area contributed by atoms with Crippen molar-refractivity contribution in [1.82, 2.24) is 10.6 Å². The third-order valence-electron chi connectivity index (χ3n) is 3.54. The number of hydrogen-bond donors (Lipinski definition) is 2. The van der Waals surface area contributed by atoms with Gasteiger partial charge in [-0.15, -0.1) is 11.8 Å². The first-order valence-corrected chi connectivity index (χ1v) is 8.74. The van der Waals surface area contributed by atoms with E-state index in [0.717, 1.165) is 24.3 Å². The fourth-order valence-electron chi connectivity index (χ4n) is 2.39. The second-order valence-electron chi connectivity index (χ2n) is 5.42. The molecule has 1 heterocycles. The Bertz CT molecular complexity index is 512. The van der Waals surface area contributed by atoms with Crippen LogP contribution in [0.5, 0.6) is 0 Å². The zero-order valence-electron chi connectivity index (χ0n) is 12.2. The smallest absolute Gasteiger partial charge is 0.233 e. The molecule has 3 nitrogen and oxygen atoms in total. The number of carbonyl (C=O) groups is 1. The molecule has 0 saturated carbocycles. The van der Waals surface area contributed by atoms with Crippen LogP contribution in [0.3, 0.4) is 0 Å². The quantitative estimate of drug-likeness (QED) is 0.816. The van der Waals surface area contributed by atoms with Gasteiger partial charge in [-0.1, -0.05) is 23.2 Å². The predicted octanol–water partition coefficient (Wildman–Crippen LogP) is 3.73. The fourth-order valence-corrected chi connectivity index (χ4v) is 3.81. The van der Waals surface area contributed by atoms with Crippen LogP contribution in [0.25, 0.3) is 0 Å². The summed E-state index contributed by atoms with van der Waals surface area (Å²) in [7, 11) is 0. The van der Waals surface area contributed by atoms with Gasteiger partial charge in [0.2, 0.25) is 5.91 Å². The molecular formula is C15H20Cl2N2OS. The van der Waals surface area contributed by atoms with Gasteiger partial charge in [0.25, 0.3) is 0 Å². The molecule has 3 unspecified atom stereocenters. The summed E-state index contributed by atoms with van der Waals surface area (Å²) in [5.74, 6) is 0.0511. The molecule has 21 heavy (non-hydrogen) atoms.